The lowest BCUT2D eigenvalue weighted by Gasteiger charge is -2.36. The SMILES string of the molecule is CC(CN1CCOCC1)N(Cc1ccccc1)C(=O)C1Cc2cc(Cl)ccc2O1. The van der Waals surface area contributed by atoms with E-state index in [0.29, 0.717) is 18.0 Å². The van der Waals surface area contributed by atoms with Crippen molar-refractivity contribution in [2.24, 2.45) is 0 Å². The molecule has 0 N–H and O–H groups in total. The van der Waals surface area contributed by atoms with Crippen LogP contribution in [0, 0.1) is 0 Å². The van der Waals surface area contributed by atoms with Gasteiger partial charge in [-0.05, 0) is 36.2 Å². The molecule has 29 heavy (non-hydrogen) atoms. The minimum Gasteiger partial charge on any atom is -0.480 e. The second kappa shape index (κ2) is 9.16. The van der Waals surface area contributed by atoms with E-state index in [1.807, 2.05) is 35.2 Å². The summed E-state index contributed by atoms with van der Waals surface area (Å²) in [4.78, 5) is 17.8. The number of ether oxygens (including phenoxy) is 2. The lowest BCUT2D eigenvalue weighted by Crippen LogP contribution is -2.51. The molecule has 2 heterocycles. The molecule has 2 aliphatic heterocycles. The highest BCUT2D eigenvalue weighted by Gasteiger charge is 2.35. The van der Waals surface area contributed by atoms with Gasteiger partial charge in [0, 0.05) is 43.7 Å². The third kappa shape index (κ3) is 4.92. The van der Waals surface area contributed by atoms with E-state index in [4.69, 9.17) is 21.1 Å². The smallest absolute Gasteiger partial charge is 0.264 e. The summed E-state index contributed by atoms with van der Waals surface area (Å²) in [7, 11) is 0. The number of hydrogen-bond donors (Lipinski definition) is 0. The van der Waals surface area contributed by atoms with Gasteiger partial charge in [-0.15, -0.1) is 0 Å². The van der Waals surface area contributed by atoms with Gasteiger partial charge in [-0.2, -0.15) is 0 Å². The number of benzene rings is 2. The zero-order valence-electron chi connectivity index (χ0n) is 16.7. The molecule has 1 fully saturated rings. The van der Waals surface area contributed by atoms with Crippen LogP contribution in [0.2, 0.25) is 5.02 Å². The molecule has 1 amide bonds. The molecule has 2 unspecified atom stereocenters. The monoisotopic (exact) mass is 414 g/mol. The summed E-state index contributed by atoms with van der Waals surface area (Å²) in [6, 6.07) is 15.7. The summed E-state index contributed by atoms with van der Waals surface area (Å²) in [6.45, 7) is 6.83. The van der Waals surface area contributed by atoms with Gasteiger partial charge in [0.2, 0.25) is 0 Å². The van der Waals surface area contributed by atoms with Crippen molar-refractivity contribution in [3.8, 4) is 5.75 Å². The summed E-state index contributed by atoms with van der Waals surface area (Å²) in [6.07, 6.45) is 0.0592. The molecular weight excluding hydrogens is 388 g/mol. The Kier molecular flexibility index (Phi) is 6.38. The number of halogens is 1. The Morgan fingerprint density at radius 1 is 1.21 bits per heavy atom. The number of nitrogens with zero attached hydrogens (tertiary/aromatic N) is 2. The van der Waals surface area contributed by atoms with Crippen molar-refractivity contribution in [2.75, 3.05) is 32.8 Å². The van der Waals surface area contributed by atoms with E-state index in [1.54, 1.807) is 6.07 Å². The summed E-state index contributed by atoms with van der Waals surface area (Å²) in [5, 5.41) is 0.669. The van der Waals surface area contributed by atoms with Gasteiger partial charge in [-0.3, -0.25) is 9.69 Å². The zero-order valence-corrected chi connectivity index (χ0v) is 17.5. The molecule has 0 radical (unpaired) electrons. The largest absolute Gasteiger partial charge is 0.480 e. The van der Waals surface area contributed by atoms with Gasteiger partial charge in [-0.25, -0.2) is 0 Å². The molecule has 4 rings (SSSR count). The Bertz CT molecular complexity index is 839. The molecule has 6 heteroatoms. The fraction of sp³-hybridized carbons (Fsp3) is 0.435. The van der Waals surface area contributed by atoms with Crippen LogP contribution in [0.4, 0.5) is 0 Å². The summed E-state index contributed by atoms with van der Waals surface area (Å²) < 4.78 is 11.5. The van der Waals surface area contributed by atoms with Crippen LogP contribution in [0.5, 0.6) is 5.75 Å². The van der Waals surface area contributed by atoms with Crippen molar-refractivity contribution in [1.82, 2.24) is 9.80 Å². The second-order valence-corrected chi connectivity index (χ2v) is 8.21. The Morgan fingerprint density at radius 2 is 1.97 bits per heavy atom. The first-order valence-electron chi connectivity index (χ1n) is 10.2. The fourth-order valence-electron chi connectivity index (χ4n) is 4.03. The highest BCUT2D eigenvalue weighted by atomic mass is 35.5. The molecule has 0 aliphatic carbocycles. The molecule has 5 nitrogen and oxygen atoms in total. The third-order valence-electron chi connectivity index (χ3n) is 5.61. The van der Waals surface area contributed by atoms with Gasteiger partial charge in [0.25, 0.3) is 5.91 Å². The Hall–Kier alpha value is -2.08. The van der Waals surface area contributed by atoms with Crippen LogP contribution < -0.4 is 4.74 Å². The Balaban J connectivity index is 1.50. The predicted molar refractivity (Wildman–Crippen MR) is 113 cm³/mol. The molecule has 0 saturated carbocycles. The summed E-state index contributed by atoms with van der Waals surface area (Å²) in [5.74, 6) is 0.787. The van der Waals surface area contributed by atoms with Gasteiger partial charge in [0.05, 0.1) is 13.2 Å². The van der Waals surface area contributed by atoms with Crippen molar-refractivity contribution >= 4 is 17.5 Å². The van der Waals surface area contributed by atoms with E-state index in [1.165, 1.54) is 0 Å². The molecule has 2 aromatic carbocycles. The van der Waals surface area contributed by atoms with Crippen molar-refractivity contribution in [2.45, 2.75) is 32.0 Å². The van der Waals surface area contributed by atoms with E-state index in [-0.39, 0.29) is 11.9 Å². The minimum atomic E-state index is -0.501. The molecule has 154 valence electrons. The van der Waals surface area contributed by atoms with Crippen molar-refractivity contribution in [1.29, 1.82) is 0 Å². The van der Waals surface area contributed by atoms with Gasteiger partial charge >= 0.3 is 0 Å². The molecule has 2 aromatic rings. The molecular formula is C23H27ClN2O3. The Labute approximate surface area is 177 Å². The van der Waals surface area contributed by atoms with Gasteiger partial charge in [0.15, 0.2) is 6.10 Å². The zero-order chi connectivity index (χ0) is 20.2. The predicted octanol–water partition coefficient (Wildman–Crippen LogP) is 3.39. The number of carbonyl (C=O) groups excluding carboxylic acids is 1. The summed E-state index contributed by atoms with van der Waals surface area (Å²) >= 11 is 6.11. The maximum atomic E-state index is 13.5. The molecule has 0 spiro atoms. The van der Waals surface area contributed by atoms with Crippen LogP contribution in [0.25, 0.3) is 0 Å². The first kappa shape index (κ1) is 20.2. The van der Waals surface area contributed by atoms with Crippen LogP contribution in [0.15, 0.2) is 48.5 Å². The maximum Gasteiger partial charge on any atom is 0.264 e. The van der Waals surface area contributed by atoms with Gasteiger partial charge in [0.1, 0.15) is 5.75 Å². The minimum absolute atomic E-state index is 0.0296. The van der Waals surface area contributed by atoms with Crippen molar-refractivity contribution in [3.05, 3.63) is 64.7 Å². The third-order valence-corrected chi connectivity index (χ3v) is 5.84. The van der Waals surface area contributed by atoms with E-state index in [0.717, 1.165) is 49.7 Å². The van der Waals surface area contributed by atoms with Crippen LogP contribution >= 0.6 is 11.6 Å². The van der Waals surface area contributed by atoms with Gasteiger partial charge in [-0.1, -0.05) is 41.9 Å². The summed E-state index contributed by atoms with van der Waals surface area (Å²) in [5.41, 5.74) is 2.12. The Morgan fingerprint density at radius 3 is 2.72 bits per heavy atom. The number of rotatable bonds is 6. The van der Waals surface area contributed by atoms with Crippen LogP contribution in [-0.4, -0.2) is 60.7 Å². The average molecular weight is 415 g/mol. The number of amides is 1. The van der Waals surface area contributed by atoms with Crippen LogP contribution in [0.3, 0.4) is 0 Å². The number of hydrogen-bond acceptors (Lipinski definition) is 4. The van der Waals surface area contributed by atoms with Gasteiger partial charge < -0.3 is 14.4 Å². The quantitative estimate of drug-likeness (QED) is 0.726. The maximum absolute atomic E-state index is 13.5. The average Bonchev–Trinajstić information content (AvgIpc) is 3.16. The molecule has 0 aromatic heterocycles. The highest BCUT2D eigenvalue weighted by molar-refractivity contribution is 6.30. The number of carbonyl (C=O) groups is 1. The molecule has 2 atom stereocenters. The van der Waals surface area contributed by atoms with E-state index in [2.05, 4.69) is 24.0 Å². The second-order valence-electron chi connectivity index (χ2n) is 7.78. The van der Waals surface area contributed by atoms with E-state index < -0.39 is 6.10 Å². The molecule has 2 aliphatic rings. The van der Waals surface area contributed by atoms with E-state index >= 15 is 0 Å². The van der Waals surface area contributed by atoms with Crippen molar-refractivity contribution in [3.63, 3.8) is 0 Å². The lowest BCUT2D eigenvalue weighted by atomic mass is 10.1. The number of fused-ring (bicyclic) bond motifs is 1. The van der Waals surface area contributed by atoms with E-state index in [9.17, 15) is 4.79 Å². The normalized spacial score (nSPS) is 20.0. The lowest BCUT2D eigenvalue weighted by molar-refractivity contribution is -0.141. The van der Waals surface area contributed by atoms with Crippen LogP contribution in [-0.2, 0) is 22.5 Å². The topological polar surface area (TPSA) is 42.0 Å². The number of morpholine rings is 1. The molecule has 0 bridgehead atoms. The standard InChI is InChI=1S/C23H27ClN2O3/c1-17(15-25-9-11-28-12-10-25)26(16-18-5-3-2-4-6-18)23(27)22-14-19-13-20(24)7-8-21(19)29-22/h2-8,13,17,22H,9-12,14-16H2,1H3. The van der Waals surface area contributed by atoms with Crippen molar-refractivity contribution < 1.29 is 14.3 Å². The fourth-order valence-corrected chi connectivity index (χ4v) is 4.22. The highest BCUT2D eigenvalue weighted by Crippen LogP contribution is 2.32. The molecule has 1 saturated heterocycles. The first-order chi connectivity index (χ1) is 14.1. The first-order valence-corrected chi connectivity index (χ1v) is 10.6. The van der Waals surface area contributed by atoms with Crippen LogP contribution in [0.1, 0.15) is 18.1 Å².